The number of alkyl halides is 3. The third-order valence-electron chi connectivity index (χ3n) is 2.28. The van der Waals surface area contributed by atoms with E-state index in [0.29, 0.717) is 4.67 Å². The number of amides is 1. The highest BCUT2D eigenvalue weighted by Crippen LogP contribution is 2.33. The molecule has 1 N–H and O–H groups in total. The first-order valence-corrected chi connectivity index (χ1v) is 6.79. The van der Waals surface area contributed by atoms with Crippen molar-refractivity contribution in [1.82, 2.24) is 0 Å². The molecule has 0 radical (unpaired) electrons. The number of nitrogens with one attached hydrogen (secondary N) is 1. The van der Waals surface area contributed by atoms with Crippen molar-refractivity contribution in [2.45, 2.75) is 6.18 Å². The summed E-state index contributed by atoms with van der Waals surface area (Å²) >= 11 is 6.01. The van der Waals surface area contributed by atoms with Crippen LogP contribution in [0.3, 0.4) is 0 Å². The van der Waals surface area contributed by atoms with Crippen molar-refractivity contribution in [3.05, 3.63) is 50.8 Å². The van der Waals surface area contributed by atoms with Crippen molar-refractivity contribution in [3.63, 3.8) is 0 Å². The van der Waals surface area contributed by atoms with Crippen LogP contribution < -0.4 is 5.32 Å². The molecule has 20 heavy (non-hydrogen) atoms. The summed E-state index contributed by atoms with van der Waals surface area (Å²) in [6.45, 7) is 0. The molecule has 0 unspecified atom stereocenters. The predicted molar refractivity (Wildman–Crippen MR) is 73.5 cm³/mol. The standard InChI is InChI=1S/C12H6Br2F3NO2/c13-7-3-6(12(15,16)17)4-8(5-7)18-11(19)9-1-2-10(14)20-9/h1-5H,(H,18,19). The zero-order chi connectivity index (χ0) is 14.9. The smallest absolute Gasteiger partial charge is 0.416 e. The maximum Gasteiger partial charge on any atom is 0.416 e. The molecule has 0 atom stereocenters. The first-order chi connectivity index (χ1) is 9.25. The second-order valence-corrected chi connectivity index (χ2v) is 5.48. The van der Waals surface area contributed by atoms with E-state index in [-0.39, 0.29) is 15.9 Å². The number of anilines is 1. The maximum absolute atomic E-state index is 12.7. The van der Waals surface area contributed by atoms with Crippen molar-refractivity contribution >= 4 is 43.5 Å². The van der Waals surface area contributed by atoms with E-state index in [1.807, 2.05) is 0 Å². The first kappa shape index (κ1) is 15.1. The third-order valence-corrected chi connectivity index (χ3v) is 3.16. The molecule has 0 saturated heterocycles. The zero-order valence-electron chi connectivity index (χ0n) is 9.59. The van der Waals surface area contributed by atoms with Gasteiger partial charge in [0.1, 0.15) is 0 Å². The molecular formula is C12H6Br2F3NO2. The Bertz CT molecular complexity index is 652. The van der Waals surface area contributed by atoms with Crippen molar-refractivity contribution in [3.8, 4) is 0 Å². The Morgan fingerprint density at radius 3 is 2.40 bits per heavy atom. The molecule has 8 heteroatoms. The molecule has 1 amide bonds. The second kappa shape index (κ2) is 5.61. The Labute approximate surface area is 128 Å². The lowest BCUT2D eigenvalue weighted by molar-refractivity contribution is -0.137. The van der Waals surface area contributed by atoms with Crippen molar-refractivity contribution in [2.24, 2.45) is 0 Å². The molecule has 0 spiro atoms. The van der Waals surface area contributed by atoms with Gasteiger partial charge in [-0.1, -0.05) is 15.9 Å². The molecule has 0 fully saturated rings. The number of benzene rings is 1. The van der Waals surface area contributed by atoms with E-state index in [4.69, 9.17) is 4.42 Å². The van der Waals surface area contributed by atoms with Crippen LogP contribution in [0.5, 0.6) is 0 Å². The summed E-state index contributed by atoms with van der Waals surface area (Å²) in [7, 11) is 0. The van der Waals surface area contributed by atoms with Gasteiger partial charge in [-0.25, -0.2) is 0 Å². The van der Waals surface area contributed by atoms with Gasteiger partial charge in [0.25, 0.3) is 5.91 Å². The fourth-order valence-corrected chi connectivity index (χ4v) is 2.25. The minimum Gasteiger partial charge on any atom is -0.444 e. The predicted octanol–water partition coefficient (Wildman–Crippen LogP) is 5.08. The van der Waals surface area contributed by atoms with Crippen LogP contribution in [0.2, 0.25) is 0 Å². The number of furan rings is 1. The number of carbonyl (C=O) groups excluding carboxylic acids is 1. The average molecular weight is 413 g/mol. The normalized spacial score (nSPS) is 11.4. The molecule has 0 aliphatic rings. The van der Waals surface area contributed by atoms with Crippen LogP contribution in [0.25, 0.3) is 0 Å². The number of carbonyl (C=O) groups is 1. The summed E-state index contributed by atoms with van der Waals surface area (Å²) < 4.78 is 43.5. The van der Waals surface area contributed by atoms with Gasteiger partial charge in [-0.05, 0) is 46.3 Å². The lowest BCUT2D eigenvalue weighted by Crippen LogP contribution is -2.12. The van der Waals surface area contributed by atoms with Crippen LogP contribution in [0.15, 0.2) is 43.9 Å². The van der Waals surface area contributed by atoms with E-state index < -0.39 is 17.6 Å². The Kier molecular flexibility index (Phi) is 4.24. The minimum absolute atomic E-state index is 0.00888. The molecule has 106 valence electrons. The fraction of sp³-hybridized carbons (Fsp3) is 0.0833. The topological polar surface area (TPSA) is 42.2 Å². The van der Waals surface area contributed by atoms with Crippen LogP contribution in [-0.4, -0.2) is 5.91 Å². The molecule has 1 aromatic heterocycles. The van der Waals surface area contributed by atoms with E-state index in [2.05, 4.69) is 37.2 Å². The van der Waals surface area contributed by atoms with Crippen LogP contribution >= 0.6 is 31.9 Å². The van der Waals surface area contributed by atoms with Gasteiger partial charge in [-0.2, -0.15) is 13.2 Å². The summed E-state index contributed by atoms with van der Waals surface area (Å²) in [5.41, 5.74) is -0.841. The Balaban J connectivity index is 2.25. The van der Waals surface area contributed by atoms with Gasteiger partial charge in [0, 0.05) is 10.2 Å². The van der Waals surface area contributed by atoms with Crippen LogP contribution in [0.4, 0.5) is 18.9 Å². The summed E-state index contributed by atoms with van der Waals surface area (Å²) in [6.07, 6.45) is -4.49. The zero-order valence-corrected chi connectivity index (χ0v) is 12.8. The molecule has 2 rings (SSSR count). The van der Waals surface area contributed by atoms with Gasteiger partial charge in [0.05, 0.1) is 5.56 Å². The quantitative estimate of drug-likeness (QED) is 0.747. The fourth-order valence-electron chi connectivity index (χ4n) is 1.45. The SMILES string of the molecule is O=C(Nc1cc(Br)cc(C(F)(F)F)c1)c1ccc(Br)o1. The summed E-state index contributed by atoms with van der Waals surface area (Å²) in [5, 5.41) is 2.34. The van der Waals surface area contributed by atoms with Gasteiger partial charge >= 0.3 is 6.18 Å². The Morgan fingerprint density at radius 2 is 1.85 bits per heavy atom. The van der Waals surface area contributed by atoms with E-state index in [1.165, 1.54) is 18.2 Å². The molecule has 0 aliphatic carbocycles. The molecule has 0 bridgehead atoms. The third kappa shape index (κ3) is 3.63. The number of hydrogen-bond donors (Lipinski definition) is 1. The van der Waals surface area contributed by atoms with E-state index in [1.54, 1.807) is 0 Å². The largest absolute Gasteiger partial charge is 0.444 e. The average Bonchev–Trinajstić information content (AvgIpc) is 2.74. The van der Waals surface area contributed by atoms with Gasteiger partial charge in [-0.3, -0.25) is 4.79 Å². The van der Waals surface area contributed by atoms with Crippen LogP contribution in [0.1, 0.15) is 16.1 Å². The van der Waals surface area contributed by atoms with Crippen LogP contribution in [0, 0.1) is 0 Å². The van der Waals surface area contributed by atoms with E-state index in [0.717, 1.165) is 12.1 Å². The van der Waals surface area contributed by atoms with Crippen LogP contribution in [-0.2, 0) is 6.18 Å². The first-order valence-electron chi connectivity index (χ1n) is 5.20. The number of hydrogen-bond acceptors (Lipinski definition) is 2. The highest BCUT2D eigenvalue weighted by molar-refractivity contribution is 9.10. The van der Waals surface area contributed by atoms with Gasteiger partial charge in [0.2, 0.25) is 0 Å². The van der Waals surface area contributed by atoms with E-state index in [9.17, 15) is 18.0 Å². The molecule has 2 aromatic rings. The lowest BCUT2D eigenvalue weighted by Gasteiger charge is -2.10. The van der Waals surface area contributed by atoms with E-state index >= 15 is 0 Å². The lowest BCUT2D eigenvalue weighted by atomic mass is 10.2. The Hall–Kier alpha value is -1.28. The molecule has 3 nitrogen and oxygen atoms in total. The van der Waals surface area contributed by atoms with Gasteiger partial charge in [-0.15, -0.1) is 0 Å². The highest BCUT2D eigenvalue weighted by atomic mass is 79.9. The van der Waals surface area contributed by atoms with Crippen molar-refractivity contribution in [2.75, 3.05) is 5.32 Å². The van der Waals surface area contributed by atoms with Gasteiger partial charge < -0.3 is 9.73 Å². The van der Waals surface area contributed by atoms with Gasteiger partial charge in [0.15, 0.2) is 10.4 Å². The molecule has 1 heterocycles. The highest BCUT2D eigenvalue weighted by Gasteiger charge is 2.31. The minimum atomic E-state index is -4.49. The van der Waals surface area contributed by atoms with Crippen molar-refractivity contribution in [1.29, 1.82) is 0 Å². The second-order valence-electron chi connectivity index (χ2n) is 3.78. The maximum atomic E-state index is 12.7. The molecular weight excluding hydrogens is 407 g/mol. The number of rotatable bonds is 2. The summed E-state index contributed by atoms with van der Waals surface area (Å²) in [5.74, 6) is -0.646. The molecule has 0 saturated carbocycles. The molecule has 0 aliphatic heterocycles. The summed E-state index contributed by atoms with van der Waals surface area (Å²) in [4.78, 5) is 11.8. The number of halogens is 5. The summed E-state index contributed by atoms with van der Waals surface area (Å²) in [6, 6.07) is 6.06. The molecule has 1 aromatic carbocycles. The van der Waals surface area contributed by atoms with Crippen molar-refractivity contribution < 1.29 is 22.4 Å². The Morgan fingerprint density at radius 1 is 1.15 bits per heavy atom. The monoisotopic (exact) mass is 411 g/mol.